The standard InChI is InChI=1S/C21H25N3O3/c1-26-15-6-7-17-14(12-15)13-27-21(17)8-10-24(11-9-21)20-22-18-5-3-2-4-16(18)19(25)23-20/h6-7,12H,2-5,8-11,13H2,1H3,(H,22,23,25). The highest BCUT2D eigenvalue weighted by molar-refractivity contribution is 5.43. The van der Waals surface area contributed by atoms with Crippen LogP contribution in [0, 0.1) is 0 Å². The lowest BCUT2D eigenvalue weighted by Gasteiger charge is -2.39. The third-order valence-corrected chi connectivity index (χ3v) is 6.36. The average Bonchev–Trinajstić information content (AvgIpc) is 3.06. The summed E-state index contributed by atoms with van der Waals surface area (Å²) in [6.45, 7) is 2.29. The number of hydrogen-bond donors (Lipinski definition) is 1. The maximum atomic E-state index is 12.4. The SMILES string of the molecule is COc1ccc2c(c1)COC21CCN(c2nc3c(c(=O)[nH]2)CCCC3)CC1. The van der Waals surface area contributed by atoms with Crippen LogP contribution in [-0.2, 0) is 29.8 Å². The first-order valence-electron chi connectivity index (χ1n) is 9.87. The fourth-order valence-corrected chi connectivity index (χ4v) is 4.79. The quantitative estimate of drug-likeness (QED) is 0.884. The Kier molecular flexibility index (Phi) is 3.97. The summed E-state index contributed by atoms with van der Waals surface area (Å²) in [5.41, 5.74) is 4.23. The van der Waals surface area contributed by atoms with Gasteiger partial charge < -0.3 is 14.4 Å². The Labute approximate surface area is 158 Å². The van der Waals surface area contributed by atoms with Gasteiger partial charge in [0.15, 0.2) is 0 Å². The molecule has 3 aliphatic rings. The van der Waals surface area contributed by atoms with Crippen molar-refractivity contribution >= 4 is 5.95 Å². The lowest BCUT2D eigenvalue weighted by molar-refractivity contribution is -0.0552. The van der Waals surface area contributed by atoms with Crippen molar-refractivity contribution in [1.29, 1.82) is 0 Å². The molecule has 0 amide bonds. The van der Waals surface area contributed by atoms with E-state index in [2.05, 4.69) is 22.0 Å². The third kappa shape index (κ3) is 2.74. The highest BCUT2D eigenvalue weighted by atomic mass is 16.5. The minimum absolute atomic E-state index is 0.0459. The average molecular weight is 367 g/mol. The molecule has 5 rings (SSSR count). The van der Waals surface area contributed by atoms with Gasteiger partial charge in [-0.15, -0.1) is 0 Å². The fraction of sp³-hybridized carbons (Fsp3) is 0.524. The molecule has 2 aromatic rings. The van der Waals surface area contributed by atoms with Gasteiger partial charge in [-0.1, -0.05) is 6.07 Å². The van der Waals surface area contributed by atoms with E-state index in [-0.39, 0.29) is 11.2 Å². The van der Waals surface area contributed by atoms with E-state index >= 15 is 0 Å². The van der Waals surface area contributed by atoms with E-state index in [4.69, 9.17) is 14.5 Å². The minimum Gasteiger partial charge on any atom is -0.497 e. The van der Waals surface area contributed by atoms with E-state index in [1.165, 1.54) is 11.1 Å². The van der Waals surface area contributed by atoms with E-state index < -0.39 is 0 Å². The van der Waals surface area contributed by atoms with Gasteiger partial charge in [0.25, 0.3) is 5.56 Å². The van der Waals surface area contributed by atoms with E-state index in [0.29, 0.717) is 6.61 Å². The second-order valence-corrected chi connectivity index (χ2v) is 7.81. The molecule has 27 heavy (non-hydrogen) atoms. The van der Waals surface area contributed by atoms with Gasteiger partial charge in [-0.2, -0.15) is 0 Å². The first-order valence-corrected chi connectivity index (χ1v) is 9.87. The lowest BCUT2D eigenvalue weighted by Crippen LogP contribution is -2.44. The molecule has 1 saturated heterocycles. The summed E-state index contributed by atoms with van der Waals surface area (Å²) >= 11 is 0. The Hall–Kier alpha value is -2.34. The van der Waals surface area contributed by atoms with Crippen LogP contribution in [0.2, 0.25) is 0 Å². The molecular weight excluding hydrogens is 342 g/mol. The van der Waals surface area contributed by atoms with E-state index in [1.807, 2.05) is 6.07 Å². The number of benzene rings is 1. The number of aryl methyl sites for hydroxylation is 1. The summed E-state index contributed by atoms with van der Waals surface area (Å²) in [6.07, 6.45) is 5.78. The zero-order valence-electron chi connectivity index (χ0n) is 15.7. The molecule has 0 radical (unpaired) electrons. The highest BCUT2D eigenvalue weighted by Gasteiger charge is 2.43. The molecule has 0 bridgehead atoms. The molecule has 1 N–H and O–H groups in total. The monoisotopic (exact) mass is 367 g/mol. The zero-order valence-corrected chi connectivity index (χ0v) is 15.7. The number of ether oxygens (including phenoxy) is 2. The van der Waals surface area contributed by atoms with Crippen LogP contribution in [0.1, 0.15) is 48.1 Å². The van der Waals surface area contributed by atoms with Crippen LogP contribution in [-0.4, -0.2) is 30.2 Å². The van der Waals surface area contributed by atoms with Crippen LogP contribution in [0.15, 0.2) is 23.0 Å². The number of aromatic nitrogens is 2. The van der Waals surface area contributed by atoms with Gasteiger partial charge >= 0.3 is 0 Å². The molecule has 0 saturated carbocycles. The molecule has 0 unspecified atom stereocenters. The number of hydrogen-bond acceptors (Lipinski definition) is 5. The van der Waals surface area contributed by atoms with Crippen molar-refractivity contribution in [2.24, 2.45) is 0 Å². The molecule has 6 heteroatoms. The molecule has 1 aliphatic carbocycles. The maximum Gasteiger partial charge on any atom is 0.255 e. The zero-order chi connectivity index (χ0) is 18.4. The van der Waals surface area contributed by atoms with E-state index in [1.54, 1.807) is 7.11 Å². The molecular formula is C21H25N3O3. The number of nitrogens with zero attached hydrogens (tertiary/aromatic N) is 2. The largest absolute Gasteiger partial charge is 0.497 e. The fourth-order valence-electron chi connectivity index (χ4n) is 4.79. The molecule has 6 nitrogen and oxygen atoms in total. The number of H-pyrrole nitrogens is 1. The summed E-state index contributed by atoms with van der Waals surface area (Å²) < 4.78 is 11.6. The van der Waals surface area contributed by atoms with Crippen molar-refractivity contribution in [3.05, 3.63) is 50.9 Å². The molecule has 1 spiro atoms. The van der Waals surface area contributed by atoms with Crippen molar-refractivity contribution in [2.45, 2.75) is 50.7 Å². The van der Waals surface area contributed by atoms with Crippen LogP contribution in [0.4, 0.5) is 5.95 Å². The normalized spacial score (nSPS) is 20.4. The van der Waals surface area contributed by atoms with Gasteiger partial charge in [0, 0.05) is 18.7 Å². The van der Waals surface area contributed by atoms with Gasteiger partial charge in [-0.25, -0.2) is 4.98 Å². The summed E-state index contributed by atoms with van der Waals surface area (Å²) in [6, 6.07) is 6.25. The van der Waals surface area contributed by atoms with Gasteiger partial charge in [0.05, 0.1) is 25.0 Å². The van der Waals surface area contributed by atoms with Crippen molar-refractivity contribution in [3.8, 4) is 5.75 Å². The van der Waals surface area contributed by atoms with Crippen LogP contribution in [0.3, 0.4) is 0 Å². The van der Waals surface area contributed by atoms with Crippen LogP contribution < -0.4 is 15.2 Å². The summed E-state index contributed by atoms with van der Waals surface area (Å²) in [5.74, 6) is 1.60. The minimum atomic E-state index is -0.216. The Balaban J connectivity index is 1.37. The number of aromatic amines is 1. The smallest absolute Gasteiger partial charge is 0.255 e. The predicted molar refractivity (Wildman–Crippen MR) is 102 cm³/mol. The number of rotatable bonds is 2. The molecule has 1 aromatic carbocycles. The predicted octanol–water partition coefficient (Wildman–Crippen LogP) is 2.68. The topological polar surface area (TPSA) is 67.5 Å². The van der Waals surface area contributed by atoms with Crippen LogP contribution in [0.5, 0.6) is 5.75 Å². The summed E-state index contributed by atoms with van der Waals surface area (Å²) in [7, 11) is 1.69. The van der Waals surface area contributed by atoms with Crippen molar-refractivity contribution in [1.82, 2.24) is 9.97 Å². The van der Waals surface area contributed by atoms with Crippen LogP contribution in [0.25, 0.3) is 0 Å². The number of nitrogens with one attached hydrogen (secondary N) is 1. The number of methoxy groups -OCH3 is 1. The molecule has 1 aromatic heterocycles. The molecule has 3 heterocycles. The summed E-state index contributed by atoms with van der Waals surface area (Å²) in [4.78, 5) is 22.5. The molecule has 2 aliphatic heterocycles. The maximum absolute atomic E-state index is 12.4. The van der Waals surface area contributed by atoms with Gasteiger partial charge in [-0.3, -0.25) is 9.78 Å². The van der Waals surface area contributed by atoms with Gasteiger partial charge in [0.1, 0.15) is 5.75 Å². The van der Waals surface area contributed by atoms with E-state index in [0.717, 1.165) is 74.6 Å². The van der Waals surface area contributed by atoms with Crippen molar-refractivity contribution in [3.63, 3.8) is 0 Å². The number of anilines is 1. The first-order chi connectivity index (χ1) is 13.2. The third-order valence-electron chi connectivity index (χ3n) is 6.36. The van der Waals surface area contributed by atoms with Crippen molar-refractivity contribution in [2.75, 3.05) is 25.1 Å². The van der Waals surface area contributed by atoms with E-state index in [9.17, 15) is 4.79 Å². The molecule has 1 fully saturated rings. The first kappa shape index (κ1) is 16.8. The Bertz CT molecular complexity index is 929. The Morgan fingerprint density at radius 1 is 1.22 bits per heavy atom. The summed E-state index contributed by atoms with van der Waals surface area (Å²) in [5, 5.41) is 0. The second kappa shape index (κ2) is 6.37. The Morgan fingerprint density at radius 2 is 2.04 bits per heavy atom. The number of piperidine rings is 1. The van der Waals surface area contributed by atoms with Gasteiger partial charge in [-0.05, 0) is 61.8 Å². The Morgan fingerprint density at radius 3 is 2.85 bits per heavy atom. The van der Waals surface area contributed by atoms with Crippen LogP contribution >= 0.6 is 0 Å². The molecule has 0 atom stereocenters. The highest BCUT2D eigenvalue weighted by Crippen LogP contribution is 2.45. The van der Waals surface area contributed by atoms with Gasteiger partial charge in [0.2, 0.25) is 5.95 Å². The lowest BCUT2D eigenvalue weighted by atomic mass is 9.84. The molecule has 142 valence electrons. The van der Waals surface area contributed by atoms with Crippen molar-refractivity contribution < 1.29 is 9.47 Å². The number of fused-ring (bicyclic) bond motifs is 3. The second-order valence-electron chi connectivity index (χ2n) is 7.81.